The normalized spacial score (nSPS) is 20.2. The minimum Gasteiger partial charge on any atom is -0.460 e. The lowest BCUT2D eigenvalue weighted by Crippen LogP contribution is -2.54. The summed E-state index contributed by atoms with van der Waals surface area (Å²) in [5.74, 6) is 0.288. The molecular weight excluding hydrogens is 324 g/mol. The molecule has 124 valence electrons. The molecule has 5 nitrogen and oxygen atoms in total. The molecule has 0 aromatic rings. The van der Waals surface area contributed by atoms with Gasteiger partial charge in [0.1, 0.15) is 12.3 Å². The van der Waals surface area contributed by atoms with E-state index in [2.05, 4.69) is 25.3 Å². The number of carbonyl (C=O) groups is 2. The summed E-state index contributed by atoms with van der Waals surface area (Å²) < 4.78 is 5.36. The highest BCUT2D eigenvalue weighted by Gasteiger charge is 2.45. The molecule has 0 bridgehead atoms. The van der Waals surface area contributed by atoms with Crippen LogP contribution in [0, 0.1) is 0 Å². The standard InChI is InChI=1S/C15H22N2O3S.ClH/c1-4-11-10-21-13-9-12(18)17(13)14(11)15(19)20-8-7-16(5-2)6-3;/h4,13H,1,5-10H2,2-3H3;1H. The van der Waals surface area contributed by atoms with Crippen LogP contribution in [0.1, 0.15) is 20.3 Å². The maximum absolute atomic E-state index is 12.3. The fourth-order valence-corrected chi connectivity index (χ4v) is 3.72. The number of likely N-dealkylation sites (N-methyl/N-ethyl adjacent to an activating group) is 1. The minimum absolute atomic E-state index is 0. The van der Waals surface area contributed by atoms with Crippen LogP contribution in [0.15, 0.2) is 23.9 Å². The van der Waals surface area contributed by atoms with Gasteiger partial charge in [0, 0.05) is 12.3 Å². The van der Waals surface area contributed by atoms with Crippen LogP contribution in [-0.2, 0) is 14.3 Å². The fourth-order valence-electron chi connectivity index (χ4n) is 2.46. The van der Waals surface area contributed by atoms with Gasteiger partial charge in [0.25, 0.3) is 0 Å². The molecule has 1 unspecified atom stereocenters. The monoisotopic (exact) mass is 346 g/mol. The molecule has 0 saturated carbocycles. The summed E-state index contributed by atoms with van der Waals surface area (Å²) in [6, 6.07) is 0. The first kappa shape index (κ1) is 19.1. The van der Waals surface area contributed by atoms with Crippen LogP contribution in [0.25, 0.3) is 0 Å². The van der Waals surface area contributed by atoms with Gasteiger partial charge in [0.15, 0.2) is 0 Å². The van der Waals surface area contributed by atoms with Gasteiger partial charge in [-0.3, -0.25) is 9.69 Å². The van der Waals surface area contributed by atoms with Crippen LogP contribution < -0.4 is 0 Å². The molecule has 0 radical (unpaired) electrons. The molecule has 1 amide bonds. The van der Waals surface area contributed by atoms with Crippen molar-refractivity contribution in [3.63, 3.8) is 0 Å². The Morgan fingerprint density at radius 1 is 1.50 bits per heavy atom. The first-order chi connectivity index (χ1) is 10.1. The van der Waals surface area contributed by atoms with Gasteiger partial charge in [-0.05, 0) is 18.7 Å². The molecule has 2 rings (SSSR count). The van der Waals surface area contributed by atoms with Gasteiger partial charge < -0.3 is 9.64 Å². The van der Waals surface area contributed by atoms with E-state index < -0.39 is 5.97 Å². The molecule has 0 aromatic carbocycles. The second-order valence-corrected chi connectivity index (χ2v) is 6.14. The van der Waals surface area contributed by atoms with E-state index in [0.717, 1.165) is 18.7 Å². The van der Waals surface area contributed by atoms with Crippen LogP contribution >= 0.6 is 24.2 Å². The Morgan fingerprint density at radius 3 is 2.73 bits per heavy atom. The molecule has 1 atom stereocenters. The number of halogens is 1. The highest BCUT2D eigenvalue weighted by atomic mass is 35.5. The van der Waals surface area contributed by atoms with Crippen LogP contribution in [0.3, 0.4) is 0 Å². The van der Waals surface area contributed by atoms with Crippen molar-refractivity contribution < 1.29 is 14.3 Å². The molecule has 1 saturated heterocycles. The average molecular weight is 347 g/mol. The number of hydrogen-bond acceptors (Lipinski definition) is 5. The molecule has 2 aliphatic rings. The van der Waals surface area contributed by atoms with Gasteiger partial charge in [-0.1, -0.05) is 26.5 Å². The first-order valence-electron chi connectivity index (χ1n) is 7.31. The number of hydrogen-bond donors (Lipinski definition) is 0. The predicted octanol–water partition coefficient (Wildman–Crippen LogP) is 2.04. The first-order valence-corrected chi connectivity index (χ1v) is 8.35. The number of esters is 1. The summed E-state index contributed by atoms with van der Waals surface area (Å²) in [5.41, 5.74) is 1.18. The quantitative estimate of drug-likeness (QED) is 0.521. The molecule has 7 heteroatoms. The number of thioether (sulfide) groups is 1. The van der Waals surface area contributed by atoms with Gasteiger partial charge in [-0.2, -0.15) is 0 Å². The highest BCUT2D eigenvalue weighted by molar-refractivity contribution is 8.00. The van der Waals surface area contributed by atoms with Crippen molar-refractivity contribution in [3.8, 4) is 0 Å². The van der Waals surface area contributed by atoms with Crippen molar-refractivity contribution in [2.24, 2.45) is 0 Å². The fraction of sp³-hybridized carbons (Fsp3) is 0.600. The molecule has 0 N–H and O–H groups in total. The number of amides is 1. The van der Waals surface area contributed by atoms with Crippen LogP contribution in [0.4, 0.5) is 0 Å². The zero-order valence-electron chi connectivity index (χ0n) is 13.0. The maximum Gasteiger partial charge on any atom is 0.355 e. The number of nitrogens with zero attached hydrogens (tertiary/aromatic N) is 2. The van der Waals surface area contributed by atoms with Crippen molar-refractivity contribution in [2.75, 3.05) is 32.0 Å². The van der Waals surface area contributed by atoms with E-state index in [9.17, 15) is 9.59 Å². The van der Waals surface area contributed by atoms with E-state index in [1.165, 1.54) is 0 Å². The molecule has 1 fully saturated rings. The van der Waals surface area contributed by atoms with Gasteiger partial charge in [-0.15, -0.1) is 24.2 Å². The van der Waals surface area contributed by atoms with Gasteiger partial charge >= 0.3 is 5.97 Å². The van der Waals surface area contributed by atoms with Crippen molar-refractivity contribution in [1.82, 2.24) is 9.80 Å². The maximum atomic E-state index is 12.3. The second-order valence-electron chi connectivity index (χ2n) is 4.97. The van der Waals surface area contributed by atoms with Crippen molar-refractivity contribution >= 4 is 36.0 Å². The van der Waals surface area contributed by atoms with Gasteiger partial charge in [0.2, 0.25) is 5.91 Å². The number of β-lactam (4-membered cyclic amide) rings is 1. The number of allylic oxidation sites excluding steroid dienone is 1. The van der Waals surface area contributed by atoms with Crippen molar-refractivity contribution in [3.05, 3.63) is 23.9 Å². The Kier molecular flexibility index (Phi) is 7.45. The van der Waals surface area contributed by atoms with Crippen molar-refractivity contribution in [2.45, 2.75) is 25.6 Å². The van der Waals surface area contributed by atoms with Crippen LogP contribution in [0.5, 0.6) is 0 Å². The van der Waals surface area contributed by atoms with E-state index in [1.807, 2.05) is 0 Å². The van der Waals surface area contributed by atoms with E-state index in [1.54, 1.807) is 22.7 Å². The van der Waals surface area contributed by atoms with E-state index in [0.29, 0.717) is 31.0 Å². The molecule has 0 aliphatic carbocycles. The lowest BCUT2D eigenvalue weighted by atomic mass is 10.1. The summed E-state index contributed by atoms with van der Waals surface area (Å²) in [6.45, 7) is 10.8. The summed E-state index contributed by atoms with van der Waals surface area (Å²) in [5, 5.41) is 0.0894. The van der Waals surface area contributed by atoms with E-state index in [-0.39, 0.29) is 23.7 Å². The highest BCUT2D eigenvalue weighted by Crippen LogP contribution is 2.40. The lowest BCUT2D eigenvalue weighted by Gasteiger charge is -2.44. The van der Waals surface area contributed by atoms with E-state index in [4.69, 9.17) is 4.74 Å². The molecule has 0 spiro atoms. The summed E-state index contributed by atoms with van der Waals surface area (Å²) >= 11 is 1.67. The molecular formula is C15H23ClN2O3S. The SMILES string of the molecule is C=CC1=C(C(=O)OCCN(CC)CC)N2C(=O)CC2SC1.Cl. The Labute approximate surface area is 142 Å². The second kappa shape index (κ2) is 8.60. The predicted molar refractivity (Wildman–Crippen MR) is 90.9 cm³/mol. The van der Waals surface area contributed by atoms with Crippen LogP contribution in [0.2, 0.25) is 0 Å². The number of carbonyl (C=O) groups excluding carboxylic acids is 2. The van der Waals surface area contributed by atoms with E-state index >= 15 is 0 Å². The summed E-state index contributed by atoms with van der Waals surface area (Å²) in [7, 11) is 0. The average Bonchev–Trinajstić information content (AvgIpc) is 2.49. The number of fused-ring (bicyclic) bond motifs is 1. The topological polar surface area (TPSA) is 49.9 Å². The van der Waals surface area contributed by atoms with Crippen molar-refractivity contribution in [1.29, 1.82) is 0 Å². The zero-order valence-corrected chi connectivity index (χ0v) is 14.7. The zero-order chi connectivity index (χ0) is 15.4. The number of rotatable bonds is 7. The smallest absolute Gasteiger partial charge is 0.355 e. The number of ether oxygens (including phenoxy) is 1. The Balaban J connectivity index is 0.00000242. The molecule has 0 aromatic heterocycles. The summed E-state index contributed by atoms with van der Waals surface area (Å²) in [4.78, 5) is 27.8. The van der Waals surface area contributed by atoms with Crippen LogP contribution in [-0.4, -0.2) is 59.0 Å². The third-order valence-electron chi connectivity index (χ3n) is 3.86. The molecule has 22 heavy (non-hydrogen) atoms. The Bertz CT molecular complexity index is 477. The minimum atomic E-state index is -0.407. The Morgan fingerprint density at radius 2 is 2.18 bits per heavy atom. The van der Waals surface area contributed by atoms with Gasteiger partial charge in [0.05, 0.1) is 11.8 Å². The third-order valence-corrected chi connectivity index (χ3v) is 5.10. The largest absolute Gasteiger partial charge is 0.460 e. The lowest BCUT2D eigenvalue weighted by molar-refractivity contribution is -0.149. The third kappa shape index (κ3) is 3.86. The molecule has 2 aliphatic heterocycles. The summed E-state index contributed by atoms with van der Waals surface area (Å²) in [6.07, 6.45) is 2.15. The van der Waals surface area contributed by atoms with Gasteiger partial charge in [-0.25, -0.2) is 4.79 Å². The Hall–Kier alpha value is -0.980. The molecule has 2 heterocycles.